The molecule has 0 radical (unpaired) electrons. The van der Waals surface area contributed by atoms with Crippen LogP contribution in [0.15, 0.2) is 53.5 Å². The Hall–Kier alpha value is -1.45. The molecular formula is C20H21ClN2S. The summed E-state index contributed by atoms with van der Waals surface area (Å²) in [7, 11) is 0. The third-order valence-corrected chi connectivity index (χ3v) is 6.25. The van der Waals surface area contributed by atoms with Crippen molar-refractivity contribution >= 4 is 34.1 Å². The second-order valence-corrected chi connectivity index (χ2v) is 7.93. The monoisotopic (exact) mass is 356 g/mol. The number of aliphatic imine (C=N–C) groups is 1. The molecule has 1 saturated carbocycles. The average Bonchev–Trinajstić information content (AvgIpc) is 2.61. The fourth-order valence-electron chi connectivity index (χ4n) is 3.56. The van der Waals surface area contributed by atoms with E-state index in [4.69, 9.17) is 16.6 Å². The second-order valence-electron chi connectivity index (χ2n) is 6.56. The fourth-order valence-corrected chi connectivity index (χ4v) is 4.96. The van der Waals surface area contributed by atoms with Crippen LogP contribution in [-0.2, 0) is 5.75 Å². The number of thioether (sulfide) groups is 1. The van der Waals surface area contributed by atoms with Crippen LogP contribution in [0.5, 0.6) is 0 Å². The number of para-hydroxylation sites is 1. The van der Waals surface area contributed by atoms with E-state index in [1.54, 1.807) is 11.8 Å². The van der Waals surface area contributed by atoms with Gasteiger partial charge in [-0.2, -0.15) is 0 Å². The predicted molar refractivity (Wildman–Crippen MR) is 105 cm³/mol. The maximum absolute atomic E-state index is 6.32. The van der Waals surface area contributed by atoms with Gasteiger partial charge in [-0.3, -0.25) is 0 Å². The molecule has 124 valence electrons. The Morgan fingerprint density at radius 1 is 1.00 bits per heavy atom. The standard InChI is InChI=1S/C20H21ClN2S/c21-17-10-4-2-8-15(17)14-24-19-16-9-3-5-11-18(16)22-20(23-19)12-6-1-7-13-20/h2-5,8-11,22H,1,6-7,12-14H2. The number of hydrogen-bond donors (Lipinski definition) is 1. The summed E-state index contributed by atoms with van der Waals surface area (Å²) in [5.74, 6) is 0.850. The van der Waals surface area contributed by atoms with Crippen LogP contribution in [0.2, 0.25) is 5.02 Å². The molecule has 1 fully saturated rings. The molecule has 0 amide bonds. The Balaban J connectivity index is 1.64. The summed E-state index contributed by atoms with van der Waals surface area (Å²) in [6.45, 7) is 0. The van der Waals surface area contributed by atoms with Crippen molar-refractivity contribution in [3.8, 4) is 0 Å². The van der Waals surface area contributed by atoms with Crippen molar-refractivity contribution in [1.82, 2.24) is 0 Å². The number of benzene rings is 2. The molecule has 2 aromatic carbocycles. The summed E-state index contributed by atoms with van der Waals surface area (Å²) >= 11 is 8.12. The van der Waals surface area contributed by atoms with E-state index in [-0.39, 0.29) is 5.66 Å². The first kappa shape index (κ1) is 16.0. The van der Waals surface area contributed by atoms with Crippen LogP contribution in [0.3, 0.4) is 0 Å². The molecule has 1 N–H and O–H groups in total. The van der Waals surface area contributed by atoms with Gasteiger partial charge in [0.25, 0.3) is 0 Å². The van der Waals surface area contributed by atoms with Gasteiger partial charge >= 0.3 is 0 Å². The largest absolute Gasteiger partial charge is 0.361 e. The molecule has 0 aromatic heterocycles. The van der Waals surface area contributed by atoms with Gasteiger partial charge in [-0.1, -0.05) is 54.4 Å². The van der Waals surface area contributed by atoms with E-state index < -0.39 is 0 Å². The van der Waals surface area contributed by atoms with Gasteiger partial charge in [-0.05, 0) is 43.4 Å². The lowest BCUT2D eigenvalue weighted by atomic mass is 9.88. The van der Waals surface area contributed by atoms with E-state index >= 15 is 0 Å². The molecule has 2 nitrogen and oxygen atoms in total. The molecule has 0 saturated heterocycles. The maximum atomic E-state index is 6.32. The van der Waals surface area contributed by atoms with E-state index in [1.807, 2.05) is 18.2 Å². The zero-order valence-electron chi connectivity index (χ0n) is 13.6. The summed E-state index contributed by atoms with van der Waals surface area (Å²) in [6.07, 6.45) is 6.07. The molecule has 24 heavy (non-hydrogen) atoms. The summed E-state index contributed by atoms with van der Waals surface area (Å²) in [5.41, 5.74) is 3.50. The molecule has 1 heterocycles. The molecule has 2 aliphatic rings. The van der Waals surface area contributed by atoms with Crippen LogP contribution in [0, 0.1) is 0 Å². The van der Waals surface area contributed by atoms with Crippen molar-refractivity contribution in [1.29, 1.82) is 0 Å². The van der Waals surface area contributed by atoms with Crippen LogP contribution in [0.1, 0.15) is 43.2 Å². The molecule has 0 bridgehead atoms. The highest BCUT2D eigenvalue weighted by Crippen LogP contribution is 2.40. The third-order valence-electron chi connectivity index (χ3n) is 4.84. The zero-order chi connectivity index (χ0) is 16.4. The van der Waals surface area contributed by atoms with Crippen LogP contribution in [0.4, 0.5) is 5.69 Å². The van der Waals surface area contributed by atoms with Crippen molar-refractivity contribution in [3.05, 3.63) is 64.7 Å². The van der Waals surface area contributed by atoms with Gasteiger partial charge in [0.1, 0.15) is 10.7 Å². The minimum atomic E-state index is -0.102. The van der Waals surface area contributed by atoms with Gasteiger partial charge in [-0.15, -0.1) is 11.8 Å². The normalized spacial score (nSPS) is 18.6. The third kappa shape index (κ3) is 3.20. The van der Waals surface area contributed by atoms with Crippen LogP contribution < -0.4 is 5.32 Å². The molecular weight excluding hydrogens is 336 g/mol. The summed E-state index contributed by atoms with van der Waals surface area (Å²) in [5, 5.41) is 5.70. The lowest BCUT2D eigenvalue weighted by Crippen LogP contribution is -2.42. The molecule has 2 aromatic rings. The van der Waals surface area contributed by atoms with E-state index in [0.29, 0.717) is 0 Å². The first-order valence-corrected chi connectivity index (χ1v) is 9.96. The predicted octanol–water partition coefficient (Wildman–Crippen LogP) is 6.11. The van der Waals surface area contributed by atoms with Crippen LogP contribution in [-0.4, -0.2) is 10.7 Å². The number of nitrogens with one attached hydrogen (secondary N) is 1. The van der Waals surface area contributed by atoms with Gasteiger partial charge in [0, 0.05) is 22.0 Å². The van der Waals surface area contributed by atoms with Gasteiger partial charge in [0.15, 0.2) is 0 Å². The van der Waals surface area contributed by atoms with Gasteiger partial charge < -0.3 is 5.32 Å². The van der Waals surface area contributed by atoms with Gasteiger partial charge in [0.2, 0.25) is 0 Å². The van der Waals surface area contributed by atoms with E-state index in [2.05, 4.69) is 35.6 Å². The van der Waals surface area contributed by atoms with E-state index in [9.17, 15) is 0 Å². The highest BCUT2D eigenvalue weighted by Gasteiger charge is 2.35. The highest BCUT2D eigenvalue weighted by atomic mass is 35.5. The summed E-state index contributed by atoms with van der Waals surface area (Å²) in [4.78, 5) is 5.18. The first-order chi connectivity index (χ1) is 11.8. The second kappa shape index (κ2) is 6.81. The Kier molecular flexibility index (Phi) is 4.55. The Morgan fingerprint density at radius 3 is 2.58 bits per heavy atom. The number of halogens is 1. The van der Waals surface area contributed by atoms with Crippen molar-refractivity contribution in [2.45, 2.75) is 43.5 Å². The average molecular weight is 357 g/mol. The van der Waals surface area contributed by atoms with Crippen LogP contribution >= 0.6 is 23.4 Å². The minimum absolute atomic E-state index is 0.102. The molecule has 4 rings (SSSR count). The first-order valence-electron chi connectivity index (χ1n) is 8.59. The Morgan fingerprint density at radius 2 is 1.75 bits per heavy atom. The number of nitrogens with zero attached hydrogens (tertiary/aromatic N) is 1. The lowest BCUT2D eigenvalue weighted by Gasteiger charge is -2.39. The van der Waals surface area contributed by atoms with Crippen molar-refractivity contribution in [2.24, 2.45) is 4.99 Å². The molecule has 4 heteroatoms. The molecule has 1 aliphatic heterocycles. The summed E-state index contributed by atoms with van der Waals surface area (Å²) < 4.78 is 0. The quantitative estimate of drug-likeness (QED) is 0.702. The van der Waals surface area contributed by atoms with E-state index in [0.717, 1.165) is 28.7 Å². The SMILES string of the molecule is Clc1ccccc1CSC1=NC2(CCCCC2)Nc2ccccc21. The van der Waals surface area contributed by atoms with Crippen molar-refractivity contribution in [2.75, 3.05) is 5.32 Å². The number of anilines is 1. The number of hydrogen-bond acceptors (Lipinski definition) is 3. The smallest absolute Gasteiger partial charge is 0.130 e. The number of rotatable bonds is 2. The van der Waals surface area contributed by atoms with Crippen molar-refractivity contribution in [3.63, 3.8) is 0 Å². The van der Waals surface area contributed by atoms with E-state index in [1.165, 1.54) is 36.1 Å². The number of fused-ring (bicyclic) bond motifs is 1. The summed E-state index contributed by atoms with van der Waals surface area (Å²) in [6, 6.07) is 16.6. The van der Waals surface area contributed by atoms with Gasteiger partial charge in [0.05, 0.1) is 0 Å². The lowest BCUT2D eigenvalue weighted by molar-refractivity contribution is 0.335. The molecule has 1 spiro atoms. The Bertz CT molecular complexity index is 766. The highest BCUT2D eigenvalue weighted by molar-refractivity contribution is 8.13. The Labute approximate surface area is 152 Å². The maximum Gasteiger partial charge on any atom is 0.130 e. The topological polar surface area (TPSA) is 24.4 Å². The van der Waals surface area contributed by atoms with Gasteiger partial charge in [-0.25, -0.2) is 4.99 Å². The zero-order valence-corrected chi connectivity index (χ0v) is 15.2. The minimum Gasteiger partial charge on any atom is -0.361 e. The van der Waals surface area contributed by atoms with Crippen molar-refractivity contribution < 1.29 is 0 Å². The van der Waals surface area contributed by atoms with Crippen LogP contribution in [0.25, 0.3) is 0 Å². The molecule has 0 unspecified atom stereocenters. The molecule has 1 aliphatic carbocycles. The fraction of sp³-hybridized carbons (Fsp3) is 0.350. The molecule has 0 atom stereocenters.